The minimum absolute atomic E-state index is 0.243. The monoisotopic (exact) mass is 319 g/mol. The van der Waals surface area contributed by atoms with Crippen LogP contribution >= 0.6 is 0 Å². The Bertz CT molecular complexity index is 653. The molecule has 1 unspecified atom stereocenters. The lowest BCUT2D eigenvalue weighted by atomic mass is 9.98. The highest BCUT2D eigenvalue weighted by molar-refractivity contribution is 5.81. The van der Waals surface area contributed by atoms with E-state index in [0.717, 1.165) is 37.8 Å². The second-order valence-electron chi connectivity index (χ2n) is 6.36. The summed E-state index contributed by atoms with van der Waals surface area (Å²) in [4.78, 5) is 23.2. The van der Waals surface area contributed by atoms with E-state index in [-0.39, 0.29) is 6.42 Å². The van der Waals surface area contributed by atoms with Crippen molar-refractivity contribution in [1.82, 2.24) is 19.5 Å². The number of carbonyl (C=O) groups is 1. The Kier molecular flexibility index (Phi) is 5.90. The summed E-state index contributed by atoms with van der Waals surface area (Å²) < 4.78 is 2.09. The third-order valence-electron chi connectivity index (χ3n) is 3.95. The number of aliphatic carboxylic acids is 1. The molecule has 0 fully saturated rings. The molecule has 2 heterocycles. The second kappa shape index (κ2) is 7.89. The van der Waals surface area contributed by atoms with Gasteiger partial charge in [-0.1, -0.05) is 26.7 Å². The molecule has 0 saturated heterocycles. The van der Waals surface area contributed by atoms with E-state index < -0.39 is 5.97 Å². The average Bonchev–Trinajstić information content (AvgIpc) is 2.90. The number of anilines is 1. The molecule has 7 heteroatoms. The van der Waals surface area contributed by atoms with E-state index in [1.165, 1.54) is 6.33 Å². The topological polar surface area (TPSA) is 107 Å². The third-order valence-corrected chi connectivity index (χ3v) is 3.95. The van der Waals surface area contributed by atoms with Crippen LogP contribution in [0.4, 0.5) is 5.82 Å². The quantitative estimate of drug-likeness (QED) is 0.688. The Labute approximate surface area is 136 Å². The summed E-state index contributed by atoms with van der Waals surface area (Å²) in [6.45, 7) is 4.39. The lowest BCUT2D eigenvalue weighted by Gasteiger charge is -2.21. The highest BCUT2D eigenvalue weighted by Gasteiger charge is 2.17. The minimum atomic E-state index is -0.725. The Balaban J connectivity index is 2.07. The normalized spacial score (nSPS) is 12.8. The van der Waals surface area contributed by atoms with Crippen LogP contribution in [0.2, 0.25) is 0 Å². The molecule has 0 amide bonds. The van der Waals surface area contributed by atoms with E-state index in [9.17, 15) is 4.79 Å². The summed E-state index contributed by atoms with van der Waals surface area (Å²) in [6, 6.07) is 0.291. The molecule has 7 nitrogen and oxygen atoms in total. The molecule has 23 heavy (non-hydrogen) atoms. The van der Waals surface area contributed by atoms with Gasteiger partial charge in [-0.25, -0.2) is 15.0 Å². The molecule has 2 aromatic rings. The lowest BCUT2D eigenvalue weighted by Crippen LogP contribution is -2.12. The molecule has 0 radical (unpaired) electrons. The van der Waals surface area contributed by atoms with Crippen LogP contribution in [0.3, 0.4) is 0 Å². The second-order valence-corrected chi connectivity index (χ2v) is 6.36. The van der Waals surface area contributed by atoms with Gasteiger partial charge in [-0.15, -0.1) is 0 Å². The predicted octanol–water partition coefficient (Wildman–Crippen LogP) is 3.03. The van der Waals surface area contributed by atoms with Gasteiger partial charge in [0.2, 0.25) is 0 Å². The first-order chi connectivity index (χ1) is 11.0. The maximum Gasteiger partial charge on any atom is 0.303 e. The number of hydrogen-bond acceptors (Lipinski definition) is 5. The van der Waals surface area contributed by atoms with E-state index >= 15 is 0 Å². The van der Waals surface area contributed by atoms with Crippen LogP contribution in [0.25, 0.3) is 11.2 Å². The standard InChI is InChI=1S/C16H25N5O2/c1-11(2)8-12(6-4-3-5-7-13(22)23)21-10-20-14-15(17)18-9-19-16(14)21/h9-12H,3-8H2,1-2H3,(H,22,23)(H2,17,18,19). The first-order valence-electron chi connectivity index (χ1n) is 8.13. The number of hydrogen-bond donors (Lipinski definition) is 2. The molecule has 2 aromatic heterocycles. The summed E-state index contributed by atoms with van der Waals surface area (Å²) >= 11 is 0. The van der Waals surface area contributed by atoms with E-state index in [2.05, 4.69) is 33.4 Å². The Morgan fingerprint density at radius 3 is 2.74 bits per heavy atom. The number of nitrogens with two attached hydrogens (primary N) is 1. The molecule has 0 aliphatic carbocycles. The van der Waals surface area contributed by atoms with Crippen molar-refractivity contribution in [2.75, 3.05) is 5.73 Å². The summed E-state index contributed by atoms with van der Waals surface area (Å²) in [5.74, 6) is 0.227. The average molecular weight is 319 g/mol. The Morgan fingerprint density at radius 1 is 1.26 bits per heavy atom. The SMILES string of the molecule is CC(C)CC(CCCCCC(=O)O)n1cnc2c(N)ncnc21. The zero-order valence-corrected chi connectivity index (χ0v) is 13.8. The van der Waals surface area contributed by atoms with Gasteiger partial charge >= 0.3 is 5.97 Å². The van der Waals surface area contributed by atoms with Crippen molar-refractivity contribution in [3.05, 3.63) is 12.7 Å². The van der Waals surface area contributed by atoms with E-state index in [1.807, 2.05) is 0 Å². The van der Waals surface area contributed by atoms with E-state index in [1.54, 1.807) is 6.33 Å². The van der Waals surface area contributed by atoms with Gasteiger partial charge < -0.3 is 15.4 Å². The molecular formula is C16H25N5O2. The van der Waals surface area contributed by atoms with Crippen molar-refractivity contribution in [1.29, 1.82) is 0 Å². The van der Waals surface area contributed by atoms with Crippen LogP contribution in [0.15, 0.2) is 12.7 Å². The van der Waals surface area contributed by atoms with E-state index in [0.29, 0.717) is 23.3 Å². The minimum Gasteiger partial charge on any atom is -0.481 e. The number of nitrogen functional groups attached to an aromatic ring is 1. The number of unbranched alkanes of at least 4 members (excludes halogenated alkanes) is 2. The summed E-state index contributed by atoms with van der Waals surface area (Å²) in [5.41, 5.74) is 7.27. The molecule has 0 saturated carbocycles. The number of imidazole rings is 1. The molecular weight excluding hydrogens is 294 g/mol. The van der Waals surface area contributed by atoms with Crippen molar-refractivity contribution in [3.63, 3.8) is 0 Å². The van der Waals surface area contributed by atoms with Crippen LogP contribution < -0.4 is 5.73 Å². The van der Waals surface area contributed by atoms with Crippen LogP contribution in [0.1, 0.15) is 58.4 Å². The molecule has 1 atom stereocenters. The van der Waals surface area contributed by atoms with Gasteiger partial charge in [-0.3, -0.25) is 4.79 Å². The lowest BCUT2D eigenvalue weighted by molar-refractivity contribution is -0.137. The third kappa shape index (κ3) is 4.64. The number of aromatic nitrogens is 4. The largest absolute Gasteiger partial charge is 0.481 e. The van der Waals surface area contributed by atoms with Crippen molar-refractivity contribution in [2.24, 2.45) is 5.92 Å². The molecule has 0 bridgehead atoms. The molecule has 3 N–H and O–H groups in total. The van der Waals surface area contributed by atoms with Crippen molar-refractivity contribution < 1.29 is 9.90 Å². The number of nitrogens with zero attached hydrogens (tertiary/aromatic N) is 4. The summed E-state index contributed by atoms with van der Waals surface area (Å²) in [7, 11) is 0. The summed E-state index contributed by atoms with van der Waals surface area (Å²) in [6.07, 6.45) is 8.14. The van der Waals surface area contributed by atoms with Gasteiger partial charge in [0, 0.05) is 12.5 Å². The van der Waals surface area contributed by atoms with Crippen molar-refractivity contribution in [3.8, 4) is 0 Å². The van der Waals surface area contributed by atoms with Gasteiger partial charge in [0.05, 0.1) is 6.33 Å². The van der Waals surface area contributed by atoms with Gasteiger partial charge in [0.1, 0.15) is 11.8 Å². The van der Waals surface area contributed by atoms with Crippen LogP contribution in [-0.2, 0) is 4.79 Å². The smallest absolute Gasteiger partial charge is 0.303 e. The Morgan fingerprint density at radius 2 is 2.04 bits per heavy atom. The maximum atomic E-state index is 10.6. The first kappa shape index (κ1) is 17.2. The number of carboxylic acid groups (broad SMARTS) is 1. The molecule has 0 aromatic carbocycles. The fraction of sp³-hybridized carbons (Fsp3) is 0.625. The van der Waals surface area contributed by atoms with E-state index in [4.69, 9.17) is 10.8 Å². The molecule has 0 spiro atoms. The van der Waals surface area contributed by atoms with Crippen LogP contribution in [0, 0.1) is 5.92 Å². The van der Waals surface area contributed by atoms with Gasteiger partial charge in [0.25, 0.3) is 0 Å². The zero-order valence-electron chi connectivity index (χ0n) is 13.8. The maximum absolute atomic E-state index is 10.6. The highest BCUT2D eigenvalue weighted by Crippen LogP contribution is 2.28. The Hall–Kier alpha value is -2.18. The van der Waals surface area contributed by atoms with Gasteiger partial charge in [0.15, 0.2) is 11.5 Å². The fourth-order valence-electron chi connectivity index (χ4n) is 2.88. The fourth-order valence-corrected chi connectivity index (χ4v) is 2.88. The van der Waals surface area contributed by atoms with Crippen molar-refractivity contribution >= 4 is 23.0 Å². The first-order valence-corrected chi connectivity index (χ1v) is 8.13. The number of carboxylic acids is 1. The van der Waals surface area contributed by atoms with Crippen LogP contribution in [0.5, 0.6) is 0 Å². The molecule has 2 rings (SSSR count). The predicted molar refractivity (Wildman–Crippen MR) is 88.9 cm³/mol. The van der Waals surface area contributed by atoms with Gasteiger partial charge in [-0.2, -0.15) is 0 Å². The number of fused-ring (bicyclic) bond motifs is 1. The zero-order chi connectivity index (χ0) is 16.8. The van der Waals surface area contributed by atoms with Gasteiger partial charge in [-0.05, 0) is 25.2 Å². The summed E-state index contributed by atoms with van der Waals surface area (Å²) in [5, 5.41) is 8.70. The molecule has 0 aliphatic heterocycles. The van der Waals surface area contributed by atoms with Crippen molar-refractivity contribution in [2.45, 2.75) is 58.4 Å². The molecule has 0 aliphatic rings. The number of rotatable bonds is 9. The van der Waals surface area contributed by atoms with Crippen LogP contribution in [-0.4, -0.2) is 30.6 Å². The molecule has 126 valence electrons. The highest BCUT2D eigenvalue weighted by atomic mass is 16.4.